The van der Waals surface area contributed by atoms with Crippen LogP contribution in [0.4, 0.5) is 0 Å². The minimum atomic E-state index is -3.41. The van der Waals surface area contributed by atoms with Gasteiger partial charge in [-0.2, -0.15) is 4.31 Å². The lowest BCUT2D eigenvalue weighted by Gasteiger charge is -2.26. The molecule has 2 bridgehead atoms. The molecule has 1 aromatic carbocycles. The standard InChI is InChI=1S/C20H30N4O3S.HI/c1-21-20(23-18-13-16-8-9-19(18)27-16)22-14-15-6-5-7-17(12-15)28(25,26)24-10-3-2-4-11-24;/h5-7,12,16,18-19H,2-4,8-11,13-14H2,1H3,(H2,21,22,23);1H. The molecule has 3 heterocycles. The van der Waals surface area contributed by atoms with E-state index in [1.165, 1.54) is 0 Å². The van der Waals surface area contributed by atoms with Crippen LogP contribution in [0.5, 0.6) is 0 Å². The SMILES string of the molecule is CN=C(NCc1cccc(S(=O)(=O)N2CCCCC2)c1)NC1CC2CCC1O2.I. The first kappa shape index (κ1) is 22.8. The summed E-state index contributed by atoms with van der Waals surface area (Å²) in [4.78, 5) is 4.68. The zero-order chi connectivity index (χ0) is 19.6. The van der Waals surface area contributed by atoms with Crippen molar-refractivity contribution in [1.29, 1.82) is 0 Å². The Morgan fingerprint density at radius 3 is 2.69 bits per heavy atom. The Bertz CT molecular complexity index is 827. The second-order valence-electron chi connectivity index (χ2n) is 7.90. The van der Waals surface area contributed by atoms with Gasteiger partial charge in [0.05, 0.1) is 23.1 Å². The number of guanidine groups is 1. The molecule has 3 atom stereocenters. The zero-order valence-corrected chi connectivity index (χ0v) is 20.0. The summed E-state index contributed by atoms with van der Waals surface area (Å²) in [6.45, 7) is 1.75. The average Bonchev–Trinajstić information content (AvgIpc) is 3.35. The fourth-order valence-electron chi connectivity index (χ4n) is 4.42. The molecule has 3 unspecified atom stereocenters. The molecule has 4 rings (SSSR count). The fourth-order valence-corrected chi connectivity index (χ4v) is 6.00. The third kappa shape index (κ3) is 5.23. The van der Waals surface area contributed by atoms with E-state index in [0.717, 1.165) is 50.0 Å². The molecule has 162 valence electrons. The molecule has 3 aliphatic heterocycles. The van der Waals surface area contributed by atoms with Gasteiger partial charge >= 0.3 is 0 Å². The van der Waals surface area contributed by atoms with Crippen LogP contribution in [0.25, 0.3) is 0 Å². The van der Waals surface area contributed by atoms with E-state index in [2.05, 4.69) is 15.6 Å². The van der Waals surface area contributed by atoms with E-state index in [1.54, 1.807) is 23.5 Å². The number of ether oxygens (including phenoxy) is 1. The van der Waals surface area contributed by atoms with Gasteiger partial charge in [-0.25, -0.2) is 8.42 Å². The summed E-state index contributed by atoms with van der Waals surface area (Å²) in [6, 6.07) is 7.51. The van der Waals surface area contributed by atoms with Crippen molar-refractivity contribution < 1.29 is 13.2 Å². The highest BCUT2D eigenvalue weighted by molar-refractivity contribution is 14.0. The van der Waals surface area contributed by atoms with Crippen molar-refractivity contribution in [2.45, 2.75) is 68.2 Å². The number of hydrogen-bond acceptors (Lipinski definition) is 4. The number of nitrogens with one attached hydrogen (secondary N) is 2. The first-order chi connectivity index (χ1) is 13.6. The molecule has 0 spiro atoms. The van der Waals surface area contributed by atoms with Crippen LogP contribution in [0.1, 0.15) is 44.1 Å². The van der Waals surface area contributed by atoms with E-state index in [-0.39, 0.29) is 30.1 Å². The minimum absolute atomic E-state index is 0. The number of sulfonamides is 1. The van der Waals surface area contributed by atoms with Crippen LogP contribution in [0.2, 0.25) is 0 Å². The smallest absolute Gasteiger partial charge is 0.243 e. The Kier molecular flexibility index (Phi) is 7.80. The second-order valence-corrected chi connectivity index (χ2v) is 9.84. The van der Waals surface area contributed by atoms with Crippen LogP contribution >= 0.6 is 24.0 Å². The molecule has 0 amide bonds. The van der Waals surface area contributed by atoms with Crippen molar-refractivity contribution in [2.75, 3.05) is 20.1 Å². The molecule has 3 aliphatic rings. The Morgan fingerprint density at radius 2 is 2.03 bits per heavy atom. The summed E-state index contributed by atoms with van der Waals surface area (Å²) in [5, 5.41) is 6.76. The minimum Gasteiger partial charge on any atom is -0.373 e. The van der Waals surface area contributed by atoms with Crippen molar-refractivity contribution >= 4 is 40.0 Å². The number of fused-ring (bicyclic) bond motifs is 2. The van der Waals surface area contributed by atoms with Gasteiger partial charge in [-0.3, -0.25) is 4.99 Å². The van der Waals surface area contributed by atoms with Gasteiger partial charge in [0.15, 0.2) is 5.96 Å². The van der Waals surface area contributed by atoms with Crippen LogP contribution in [0, 0.1) is 0 Å². The van der Waals surface area contributed by atoms with Gasteiger partial charge in [-0.15, -0.1) is 24.0 Å². The normalized spacial score (nSPS) is 27.5. The third-order valence-corrected chi connectivity index (χ3v) is 7.86. The summed E-state index contributed by atoms with van der Waals surface area (Å²) >= 11 is 0. The van der Waals surface area contributed by atoms with Gasteiger partial charge in [-0.05, 0) is 49.8 Å². The number of piperidine rings is 1. The molecule has 7 nitrogen and oxygen atoms in total. The molecular formula is C20H31IN4O3S. The lowest BCUT2D eigenvalue weighted by Crippen LogP contribution is -2.47. The van der Waals surface area contributed by atoms with E-state index in [0.29, 0.717) is 36.7 Å². The van der Waals surface area contributed by atoms with Crippen LogP contribution in [-0.2, 0) is 21.3 Å². The fraction of sp³-hybridized carbons (Fsp3) is 0.650. The molecule has 0 saturated carbocycles. The van der Waals surface area contributed by atoms with Gasteiger partial charge in [0.25, 0.3) is 0 Å². The van der Waals surface area contributed by atoms with Crippen molar-refractivity contribution in [1.82, 2.24) is 14.9 Å². The van der Waals surface area contributed by atoms with Gasteiger partial charge in [0, 0.05) is 26.7 Å². The first-order valence-corrected chi connectivity index (χ1v) is 11.7. The van der Waals surface area contributed by atoms with Crippen LogP contribution < -0.4 is 10.6 Å². The predicted molar refractivity (Wildman–Crippen MR) is 124 cm³/mol. The van der Waals surface area contributed by atoms with E-state index in [4.69, 9.17) is 4.74 Å². The molecule has 2 N–H and O–H groups in total. The molecule has 0 radical (unpaired) electrons. The molecule has 3 saturated heterocycles. The molecule has 9 heteroatoms. The highest BCUT2D eigenvalue weighted by Crippen LogP contribution is 2.34. The molecular weight excluding hydrogens is 503 g/mol. The topological polar surface area (TPSA) is 83.0 Å². The Labute approximate surface area is 190 Å². The van der Waals surface area contributed by atoms with Gasteiger partial charge in [0.1, 0.15) is 0 Å². The van der Waals surface area contributed by atoms with Crippen LogP contribution in [0.15, 0.2) is 34.2 Å². The van der Waals surface area contributed by atoms with Gasteiger partial charge < -0.3 is 15.4 Å². The van der Waals surface area contributed by atoms with Gasteiger partial charge in [0.2, 0.25) is 10.0 Å². The zero-order valence-electron chi connectivity index (χ0n) is 16.8. The average molecular weight is 534 g/mol. The lowest BCUT2D eigenvalue weighted by molar-refractivity contribution is 0.0992. The third-order valence-electron chi connectivity index (χ3n) is 5.96. The first-order valence-electron chi connectivity index (χ1n) is 10.3. The summed E-state index contributed by atoms with van der Waals surface area (Å²) < 4.78 is 33.3. The van der Waals surface area contributed by atoms with Crippen LogP contribution in [-0.4, -0.2) is 57.1 Å². The molecule has 3 fully saturated rings. The molecule has 1 aromatic rings. The van der Waals surface area contributed by atoms with Crippen molar-refractivity contribution in [2.24, 2.45) is 4.99 Å². The number of rotatable bonds is 5. The van der Waals surface area contributed by atoms with Crippen molar-refractivity contribution in [3.63, 3.8) is 0 Å². The maximum absolute atomic E-state index is 12.9. The molecule has 0 aromatic heterocycles. The van der Waals surface area contributed by atoms with Crippen LogP contribution in [0.3, 0.4) is 0 Å². The maximum Gasteiger partial charge on any atom is 0.243 e. The number of aliphatic imine (C=N–C) groups is 1. The predicted octanol–water partition coefficient (Wildman–Crippen LogP) is 2.46. The summed E-state index contributed by atoms with van der Waals surface area (Å²) in [5.41, 5.74) is 0.922. The Hall–Kier alpha value is -0.910. The van der Waals surface area contributed by atoms with Gasteiger partial charge in [-0.1, -0.05) is 18.6 Å². The Balaban J connectivity index is 0.00000240. The highest BCUT2D eigenvalue weighted by Gasteiger charge is 2.41. The second kappa shape index (κ2) is 9.93. The van der Waals surface area contributed by atoms with E-state index in [9.17, 15) is 8.42 Å². The number of hydrogen-bond donors (Lipinski definition) is 2. The summed E-state index contributed by atoms with van der Waals surface area (Å²) in [7, 11) is -1.66. The summed E-state index contributed by atoms with van der Waals surface area (Å²) in [5.74, 6) is 0.727. The number of benzene rings is 1. The van der Waals surface area contributed by atoms with Crippen molar-refractivity contribution in [3.8, 4) is 0 Å². The highest BCUT2D eigenvalue weighted by atomic mass is 127. The monoisotopic (exact) mass is 534 g/mol. The lowest BCUT2D eigenvalue weighted by atomic mass is 9.96. The Morgan fingerprint density at radius 1 is 1.24 bits per heavy atom. The molecule has 0 aliphatic carbocycles. The van der Waals surface area contributed by atoms with E-state index < -0.39 is 10.0 Å². The number of nitrogens with zero attached hydrogens (tertiary/aromatic N) is 2. The summed E-state index contributed by atoms with van der Waals surface area (Å²) in [6.07, 6.45) is 6.94. The molecule has 29 heavy (non-hydrogen) atoms. The maximum atomic E-state index is 12.9. The van der Waals surface area contributed by atoms with E-state index in [1.807, 2.05) is 12.1 Å². The quantitative estimate of drug-likeness (QED) is 0.345. The largest absolute Gasteiger partial charge is 0.373 e. The van der Waals surface area contributed by atoms with Crippen molar-refractivity contribution in [3.05, 3.63) is 29.8 Å². The van der Waals surface area contributed by atoms with E-state index >= 15 is 0 Å². The number of halogens is 1.